The van der Waals surface area contributed by atoms with Gasteiger partial charge in [-0.1, -0.05) is 0 Å². The van der Waals surface area contributed by atoms with Gasteiger partial charge in [-0.3, -0.25) is 0 Å². The largest absolute Gasteiger partial charge is 0.397 e. The number of aromatic nitrogens is 2. The maximum atomic E-state index is 5.81. The molecule has 0 spiro atoms. The van der Waals surface area contributed by atoms with Crippen molar-refractivity contribution in [1.29, 1.82) is 0 Å². The predicted octanol–water partition coefficient (Wildman–Crippen LogP) is 1.96. The van der Waals surface area contributed by atoms with Crippen LogP contribution in [0.4, 0.5) is 11.4 Å². The van der Waals surface area contributed by atoms with Crippen LogP contribution < -0.4 is 11.5 Å². The highest BCUT2D eigenvalue weighted by Gasteiger charge is 2.09. The molecule has 0 saturated carbocycles. The number of rotatable bonds is 1. The molecule has 1 heterocycles. The molecule has 0 unspecified atom stereocenters. The van der Waals surface area contributed by atoms with Gasteiger partial charge in [0.15, 0.2) is 0 Å². The highest BCUT2D eigenvalue weighted by atomic mass is 15.1. The molecule has 0 aliphatic carbocycles. The predicted molar refractivity (Wildman–Crippen MR) is 66.6 cm³/mol. The molecule has 0 saturated heterocycles. The minimum absolute atomic E-state index is 0.600. The van der Waals surface area contributed by atoms with Crippen LogP contribution in [0, 0.1) is 20.8 Å². The van der Waals surface area contributed by atoms with Crippen molar-refractivity contribution >= 4 is 11.4 Å². The first-order valence-corrected chi connectivity index (χ1v) is 5.18. The van der Waals surface area contributed by atoms with Gasteiger partial charge in [0.1, 0.15) is 5.82 Å². The van der Waals surface area contributed by atoms with E-state index in [2.05, 4.69) is 9.55 Å². The lowest BCUT2D eigenvalue weighted by molar-refractivity contribution is 0.941. The SMILES string of the molecule is Cc1nc(C)n(-c2ccc(N)c(N)c2)c1C. The van der Waals surface area contributed by atoms with E-state index in [0.29, 0.717) is 11.4 Å². The Kier molecular flexibility index (Phi) is 2.34. The van der Waals surface area contributed by atoms with E-state index in [1.165, 1.54) is 0 Å². The molecule has 4 heteroatoms. The van der Waals surface area contributed by atoms with E-state index in [4.69, 9.17) is 11.5 Å². The first-order chi connectivity index (χ1) is 7.50. The first kappa shape index (κ1) is 10.5. The summed E-state index contributed by atoms with van der Waals surface area (Å²) in [6, 6.07) is 5.64. The van der Waals surface area contributed by atoms with Crippen LogP contribution in [0.15, 0.2) is 18.2 Å². The summed E-state index contributed by atoms with van der Waals surface area (Å²) in [6.07, 6.45) is 0. The van der Waals surface area contributed by atoms with Gasteiger partial charge in [-0.15, -0.1) is 0 Å². The molecular formula is C12H16N4. The summed E-state index contributed by atoms with van der Waals surface area (Å²) in [5.74, 6) is 0.958. The normalized spacial score (nSPS) is 10.7. The molecule has 2 rings (SSSR count). The van der Waals surface area contributed by atoms with Crippen molar-refractivity contribution in [1.82, 2.24) is 9.55 Å². The Balaban J connectivity index is 2.63. The quantitative estimate of drug-likeness (QED) is 0.716. The standard InChI is InChI=1S/C12H16N4/c1-7-8(2)16(9(3)15-7)10-4-5-11(13)12(14)6-10/h4-6H,13-14H2,1-3H3. The van der Waals surface area contributed by atoms with Gasteiger partial charge in [-0.2, -0.15) is 0 Å². The Morgan fingerprint density at radius 1 is 1.06 bits per heavy atom. The number of imidazole rings is 1. The van der Waals surface area contributed by atoms with Crippen molar-refractivity contribution < 1.29 is 0 Å². The van der Waals surface area contributed by atoms with E-state index in [1.807, 2.05) is 39.0 Å². The van der Waals surface area contributed by atoms with Gasteiger partial charge in [0.05, 0.1) is 17.1 Å². The number of nitrogens with zero attached hydrogens (tertiary/aromatic N) is 2. The fourth-order valence-corrected chi connectivity index (χ4v) is 1.86. The number of hydrogen-bond acceptors (Lipinski definition) is 3. The third-order valence-electron chi connectivity index (χ3n) is 2.84. The third kappa shape index (κ3) is 1.52. The van der Waals surface area contributed by atoms with E-state index in [-0.39, 0.29) is 0 Å². The average molecular weight is 216 g/mol. The third-order valence-corrected chi connectivity index (χ3v) is 2.84. The van der Waals surface area contributed by atoms with Crippen molar-refractivity contribution in [2.45, 2.75) is 20.8 Å². The number of benzene rings is 1. The lowest BCUT2D eigenvalue weighted by Crippen LogP contribution is -2.02. The summed E-state index contributed by atoms with van der Waals surface area (Å²) < 4.78 is 2.07. The number of hydrogen-bond donors (Lipinski definition) is 2. The zero-order chi connectivity index (χ0) is 11.9. The lowest BCUT2D eigenvalue weighted by atomic mass is 10.2. The van der Waals surface area contributed by atoms with Crippen molar-refractivity contribution in [3.8, 4) is 5.69 Å². The van der Waals surface area contributed by atoms with Gasteiger partial charge in [0, 0.05) is 11.4 Å². The van der Waals surface area contributed by atoms with Crippen molar-refractivity contribution in [2.24, 2.45) is 0 Å². The van der Waals surface area contributed by atoms with Crippen molar-refractivity contribution in [3.05, 3.63) is 35.4 Å². The highest BCUT2D eigenvalue weighted by molar-refractivity contribution is 5.66. The van der Waals surface area contributed by atoms with Crippen molar-refractivity contribution in [3.63, 3.8) is 0 Å². The van der Waals surface area contributed by atoms with E-state index in [1.54, 1.807) is 0 Å². The fraction of sp³-hybridized carbons (Fsp3) is 0.250. The first-order valence-electron chi connectivity index (χ1n) is 5.18. The Bertz CT molecular complexity index is 540. The molecule has 0 aliphatic heterocycles. The molecule has 4 nitrogen and oxygen atoms in total. The molecule has 16 heavy (non-hydrogen) atoms. The minimum Gasteiger partial charge on any atom is -0.397 e. The van der Waals surface area contributed by atoms with Crippen LogP contribution in [0.25, 0.3) is 5.69 Å². The van der Waals surface area contributed by atoms with Crippen LogP contribution in [0.3, 0.4) is 0 Å². The molecule has 1 aromatic heterocycles. The zero-order valence-corrected chi connectivity index (χ0v) is 9.78. The second kappa shape index (κ2) is 3.56. The van der Waals surface area contributed by atoms with E-state index >= 15 is 0 Å². The summed E-state index contributed by atoms with van der Waals surface area (Å²) in [7, 11) is 0. The maximum absolute atomic E-state index is 5.81. The van der Waals surface area contributed by atoms with Crippen LogP contribution in [0.5, 0.6) is 0 Å². The second-order valence-corrected chi connectivity index (χ2v) is 3.98. The van der Waals surface area contributed by atoms with Crippen LogP contribution in [-0.2, 0) is 0 Å². The number of nitrogen functional groups attached to an aromatic ring is 2. The molecule has 4 N–H and O–H groups in total. The van der Waals surface area contributed by atoms with Gasteiger partial charge < -0.3 is 16.0 Å². The number of aryl methyl sites for hydroxylation is 2. The summed E-state index contributed by atoms with van der Waals surface area (Å²) in [4.78, 5) is 4.43. The lowest BCUT2D eigenvalue weighted by Gasteiger charge is -2.10. The number of anilines is 2. The Morgan fingerprint density at radius 3 is 2.25 bits per heavy atom. The highest BCUT2D eigenvalue weighted by Crippen LogP contribution is 2.22. The molecule has 0 atom stereocenters. The van der Waals surface area contributed by atoms with E-state index in [0.717, 1.165) is 22.9 Å². The van der Waals surface area contributed by atoms with Gasteiger partial charge in [0.25, 0.3) is 0 Å². The van der Waals surface area contributed by atoms with Crippen LogP contribution in [0.2, 0.25) is 0 Å². The molecule has 84 valence electrons. The summed E-state index contributed by atoms with van der Waals surface area (Å²) >= 11 is 0. The molecule has 2 aromatic rings. The monoisotopic (exact) mass is 216 g/mol. The zero-order valence-electron chi connectivity index (χ0n) is 9.78. The van der Waals surface area contributed by atoms with Gasteiger partial charge >= 0.3 is 0 Å². The maximum Gasteiger partial charge on any atom is 0.110 e. The van der Waals surface area contributed by atoms with Crippen LogP contribution in [-0.4, -0.2) is 9.55 Å². The van der Waals surface area contributed by atoms with E-state index < -0.39 is 0 Å². The van der Waals surface area contributed by atoms with Crippen molar-refractivity contribution in [2.75, 3.05) is 11.5 Å². The summed E-state index contributed by atoms with van der Waals surface area (Å²) in [5.41, 5.74) is 15.9. The molecule has 0 aliphatic rings. The second-order valence-electron chi connectivity index (χ2n) is 3.98. The molecule has 0 bridgehead atoms. The average Bonchev–Trinajstić information content (AvgIpc) is 2.47. The van der Waals surface area contributed by atoms with Gasteiger partial charge in [-0.25, -0.2) is 4.98 Å². The molecular weight excluding hydrogens is 200 g/mol. The van der Waals surface area contributed by atoms with Gasteiger partial charge in [-0.05, 0) is 39.0 Å². The smallest absolute Gasteiger partial charge is 0.110 e. The van der Waals surface area contributed by atoms with E-state index in [9.17, 15) is 0 Å². The van der Waals surface area contributed by atoms with Crippen LogP contribution >= 0.6 is 0 Å². The summed E-state index contributed by atoms with van der Waals surface area (Å²) in [6.45, 7) is 6.02. The Morgan fingerprint density at radius 2 is 1.75 bits per heavy atom. The number of nitrogens with two attached hydrogens (primary N) is 2. The fourth-order valence-electron chi connectivity index (χ4n) is 1.86. The minimum atomic E-state index is 0.600. The Hall–Kier alpha value is -1.97. The molecule has 0 radical (unpaired) electrons. The summed E-state index contributed by atoms with van der Waals surface area (Å²) in [5, 5.41) is 0. The topological polar surface area (TPSA) is 69.9 Å². The van der Waals surface area contributed by atoms with Gasteiger partial charge in [0.2, 0.25) is 0 Å². The molecule has 0 fully saturated rings. The molecule has 1 aromatic carbocycles. The van der Waals surface area contributed by atoms with Crippen LogP contribution in [0.1, 0.15) is 17.2 Å². The Labute approximate surface area is 94.9 Å². The molecule has 0 amide bonds.